The molecule has 148 valence electrons. The van der Waals surface area contributed by atoms with Gasteiger partial charge in [-0.1, -0.05) is 44.2 Å². The Hall–Kier alpha value is -1.31. The van der Waals surface area contributed by atoms with E-state index in [1.807, 2.05) is 26.8 Å². The summed E-state index contributed by atoms with van der Waals surface area (Å²) in [5.74, 6) is 0.599. The summed E-state index contributed by atoms with van der Waals surface area (Å²) in [6, 6.07) is 10.6. The fourth-order valence-electron chi connectivity index (χ4n) is 2.90. The summed E-state index contributed by atoms with van der Waals surface area (Å²) >= 11 is 0. The maximum atomic E-state index is 12.0. The van der Waals surface area contributed by atoms with E-state index >= 15 is 0 Å². The zero-order chi connectivity index (χ0) is 18.9. The van der Waals surface area contributed by atoms with Gasteiger partial charge in [0.2, 0.25) is 5.91 Å². The fourth-order valence-corrected chi connectivity index (χ4v) is 2.90. The molecule has 0 heterocycles. The van der Waals surface area contributed by atoms with Crippen LogP contribution in [0.3, 0.4) is 0 Å². The Morgan fingerprint density at radius 2 is 1.62 bits per heavy atom. The van der Waals surface area contributed by atoms with Gasteiger partial charge in [0.05, 0.1) is 6.54 Å². The Bertz CT molecular complexity index is 563. The highest BCUT2D eigenvalue weighted by Crippen LogP contribution is 2.30. The van der Waals surface area contributed by atoms with E-state index in [9.17, 15) is 4.79 Å². The van der Waals surface area contributed by atoms with Crippen LogP contribution in [0.15, 0.2) is 35.3 Å². The van der Waals surface area contributed by atoms with E-state index in [4.69, 9.17) is 0 Å². The number of hydrogen-bond donors (Lipinski definition) is 3. The number of amides is 1. The van der Waals surface area contributed by atoms with Crippen molar-refractivity contribution in [3.63, 3.8) is 0 Å². The molecule has 0 aliphatic rings. The third kappa shape index (κ3) is 7.93. The van der Waals surface area contributed by atoms with Crippen molar-refractivity contribution < 1.29 is 4.79 Å². The summed E-state index contributed by atoms with van der Waals surface area (Å²) < 4.78 is 0. The zero-order valence-corrected chi connectivity index (χ0v) is 19.3. The number of carbonyl (C=O) groups is 1. The third-order valence-electron chi connectivity index (χ3n) is 4.49. The van der Waals surface area contributed by atoms with Crippen LogP contribution < -0.4 is 16.0 Å². The number of rotatable bonds is 7. The van der Waals surface area contributed by atoms with E-state index < -0.39 is 0 Å². The molecule has 0 fully saturated rings. The van der Waals surface area contributed by atoms with Gasteiger partial charge in [-0.05, 0) is 39.2 Å². The molecule has 5 nitrogen and oxygen atoms in total. The number of halogens is 1. The van der Waals surface area contributed by atoms with Gasteiger partial charge in [-0.15, -0.1) is 24.0 Å². The highest BCUT2D eigenvalue weighted by Gasteiger charge is 2.28. The normalized spacial score (nSPS) is 12.2. The van der Waals surface area contributed by atoms with Crippen molar-refractivity contribution in [3.05, 3.63) is 35.9 Å². The van der Waals surface area contributed by atoms with Crippen LogP contribution in [0.25, 0.3) is 0 Å². The second-order valence-electron chi connectivity index (χ2n) is 7.43. The first kappa shape index (κ1) is 24.7. The first-order chi connectivity index (χ1) is 11.8. The van der Waals surface area contributed by atoms with E-state index in [1.54, 1.807) is 7.05 Å². The molecule has 1 rings (SSSR count). The Morgan fingerprint density at radius 3 is 2.08 bits per heavy atom. The van der Waals surface area contributed by atoms with Crippen LogP contribution in [-0.4, -0.2) is 37.5 Å². The summed E-state index contributed by atoms with van der Waals surface area (Å²) in [5, 5.41) is 9.41. The van der Waals surface area contributed by atoms with Crippen LogP contribution >= 0.6 is 24.0 Å². The minimum absolute atomic E-state index is 0. The topological polar surface area (TPSA) is 65.5 Å². The van der Waals surface area contributed by atoms with Crippen molar-refractivity contribution in [2.24, 2.45) is 4.99 Å². The summed E-state index contributed by atoms with van der Waals surface area (Å²) in [7, 11) is 1.72. The lowest BCUT2D eigenvalue weighted by molar-refractivity contribution is -0.121. The molecule has 0 saturated carbocycles. The van der Waals surface area contributed by atoms with Gasteiger partial charge in [-0.25, -0.2) is 0 Å². The van der Waals surface area contributed by atoms with Gasteiger partial charge < -0.3 is 16.0 Å². The number of aliphatic imine (C=N–C) groups is 1. The standard InChI is InChI=1S/C20H34N4O.HI/c1-7-20(8-2,16-12-10-9-11-13-16)15-23-18(21-6)22-14-17(25)24-19(3,4)5;/h9-13H,7-8,14-15H2,1-6H3,(H,24,25)(H2,21,22,23);1H. The van der Waals surface area contributed by atoms with Crippen molar-refractivity contribution >= 4 is 35.8 Å². The number of nitrogens with zero attached hydrogens (tertiary/aromatic N) is 1. The number of hydrogen-bond acceptors (Lipinski definition) is 2. The van der Waals surface area contributed by atoms with Gasteiger partial charge in [0.1, 0.15) is 0 Å². The molecule has 1 aromatic carbocycles. The maximum absolute atomic E-state index is 12.0. The molecule has 0 bridgehead atoms. The van der Waals surface area contributed by atoms with Crippen LogP contribution in [0.4, 0.5) is 0 Å². The number of carbonyl (C=O) groups excluding carboxylic acids is 1. The number of nitrogens with one attached hydrogen (secondary N) is 3. The van der Waals surface area contributed by atoms with Gasteiger partial charge in [-0.3, -0.25) is 9.79 Å². The molecule has 0 spiro atoms. The predicted octanol–water partition coefficient (Wildman–Crippen LogP) is 3.44. The molecule has 6 heteroatoms. The number of benzene rings is 1. The lowest BCUT2D eigenvalue weighted by atomic mass is 9.76. The zero-order valence-electron chi connectivity index (χ0n) is 17.0. The van der Waals surface area contributed by atoms with Crippen LogP contribution in [0.2, 0.25) is 0 Å². The van der Waals surface area contributed by atoms with E-state index in [1.165, 1.54) is 5.56 Å². The minimum atomic E-state index is -0.234. The van der Waals surface area contributed by atoms with E-state index in [0.717, 1.165) is 19.4 Å². The molecular weight excluding hydrogens is 439 g/mol. The van der Waals surface area contributed by atoms with Gasteiger partial charge >= 0.3 is 0 Å². The van der Waals surface area contributed by atoms with Crippen molar-refractivity contribution in [1.82, 2.24) is 16.0 Å². The van der Waals surface area contributed by atoms with Crippen LogP contribution in [0.1, 0.15) is 53.0 Å². The SMILES string of the molecule is CCC(CC)(CNC(=NC)NCC(=O)NC(C)(C)C)c1ccccc1.I. The van der Waals surface area contributed by atoms with Crippen LogP contribution in [0.5, 0.6) is 0 Å². The average Bonchev–Trinajstić information content (AvgIpc) is 2.58. The molecule has 1 amide bonds. The van der Waals surface area contributed by atoms with Crippen molar-refractivity contribution in [3.8, 4) is 0 Å². The third-order valence-corrected chi connectivity index (χ3v) is 4.49. The van der Waals surface area contributed by atoms with Gasteiger partial charge in [0.15, 0.2) is 5.96 Å². The highest BCUT2D eigenvalue weighted by atomic mass is 127. The number of guanidine groups is 1. The Labute approximate surface area is 175 Å². The quantitative estimate of drug-likeness (QED) is 0.322. The van der Waals surface area contributed by atoms with Gasteiger partial charge in [0.25, 0.3) is 0 Å². The molecule has 0 saturated heterocycles. The van der Waals surface area contributed by atoms with E-state index in [-0.39, 0.29) is 47.4 Å². The summed E-state index contributed by atoms with van der Waals surface area (Å²) in [6.45, 7) is 11.3. The Kier molecular flexibility index (Phi) is 10.8. The minimum Gasteiger partial charge on any atom is -0.356 e. The first-order valence-corrected chi connectivity index (χ1v) is 9.07. The average molecular weight is 474 g/mol. The molecule has 0 aromatic heterocycles. The van der Waals surface area contributed by atoms with Crippen molar-refractivity contribution in [1.29, 1.82) is 0 Å². The summed E-state index contributed by atoms with van der Waals surface area (Å²) in [5.41, 5.74) is 1.14. The second-order valence-corrected chi connectivity index (χ2v) is 7.43. The molecule has 3 N–H and O–H groups in total. The molecule has 1 aromatic rings. The largest absolute Gasteiger partial charge is 0.356 e. The monoisotopic (exact) mass is 474 g/mol. The molecule has 0 unspecified atom stereocenters. The summed E-state index contributed by atoms with van der Waals surface area (Å²) in [4.78, 5) is 16.2. The van der Waals surface area contributed by atoms with Crippen molar-refractivity contribution in [2.75, 3.05) is 20.1 Å². The maximum Gasteiger partial charge on any atom is 0.239 e. The molecule has 26 heavy (non-hydrogen) atoms. The summed E-state index contributed by atoms with van der Waals surface area (Å²) in [6.07, 6.45) is 2.06. The molecular formula is C20H35IN4O. The highest BCUT2D eigenvalue weighted by molar-refractivity contribution is 14.0. The lowest BCUT2D eigenvalue weighted by Crippen LogP contribution is -2.50. The van der Waals surface area contributed by atoms with E-state index in [0.29, 0.717) is 5.96 Å². The van der Waals surface area contributed by atoms with Crippen LogP contribution in [-0.2, 0) is 10.2 Å². The van der Waals surface area contributed by atoms with E-state index in [2.05, 4.69) is 59.1 Å². The molecule has 0 radical (unpaired) electrons. The fraction of sp³-hybridized carbons (Fsp3) is 0.600. The second kappa shape index (κ2) is 11.4. The molecule has 0 aliphatic carbocycles. The first-order valence-electron chi connectivity index (χ1n) is 9.07. The lowest BCUT2D eigenvalue weighted by Gasteiger charge is -2.33. The smallest absolute Gasteiger partial charge is 0.239 e. The predicted molar refractivity (Wildman–Crippen MR) is 121 cm³/mol. The van der Waals surface area contributed by atoms with Gasteiger partial charge in [-0.2, -0.15) is 0 Å². The Morgan fingerprint density at radius 1 is 1.04 bits per heavy atom. The molecule has 0 atom stereocenters. The van der Waals surface area contributed by atoms with Gasteiger partial charge in [0, 0.05) is 24.5 Å². The Balaban J connectivity index is 0.00000625. The molecule has 0 aliphatic heterocycles. The van der Waals surface area contributed by atoms with Crippen molar-refractivity contribution in [2.45, 2.75) is 58.4 Å². The van der Waals surface area contributed by atoms with Crippen LogP contribution in [0, 0.1) is 0 Å².